The number of carboxylic acid groups (broad SMARTS) is 1. The molecule has 0 bridgehead atoms. The molecule has 1 aliphatic heterocycles. The summed E-state index contributed by atoms with van der Waals surface area (Å²) >= 11 is 0. The Bertz CT molecular complexity index is 1170. The number of ether oxygens (including phenoxy) is 1. The minimum atomic E-state index is -4.65. The van der Waals surface area contributed by atoms with Crippen molar-refractivity contribution in [3.8, 4) is 11.8 Å². The number of alkyl halides is 3. The number of carbonyl (C=O) groups excluding carboxylic acids is 1. The Morgan fingerprint density at radius 1 is 1.08 bits per heavy atom. The zero-order chi connectivity index (χ0) is 26.6. The molecule has 0 atom stereocenters. The number of carbonyl (C=O) groups is 2. The van der Waals surface area contributed by atoms with Gasteiger partial charge in [0.25, 0.3) is 5.91 Å². The number of piperidine rings is 1. The van der Waals surface area contributed by atoms with Gasteiger partial charge >= 0.3 is 12.1 Å². The average molecular weight is 518 g/mol. The Morgan fingerprint density at radius 3 is 2.30 bits per heavy atom. The molecule has 2 fully saturated rings. The number of benzene rings is 1. The smallest absolute Gasteiger partial charge is 0.417 e. The van der Waals surface area contributed by atoms with Crippen LogP contribution in [0.5, 0.6) is 5.75 Å². The molecule has 1 aromatic heterocycles. The Balaban J connectivity index is 1.26. The highest BCUT2D eigenvalue weighted by Gasteiger charge is 2.34. The van der Waals surface area contributed by atoms with Gasteiger partial charge in [0.1, 0.15) is 5.75 Å². The number of nitrogens with zero attached hydrogens (tertiary/aromatic N) is 4. The number of halogens is 3. The van der Waals surface area contributed by atoms with Crippen molar-refractivity contribution in [1.29, 1.82) is 5.26 Å². The third-order valence-corrected chi connectivity index (χ3v) is 6.76. The molecule has 1 aromatic carbocycles. The van der Waals surface area contributed by atoms with Gasteiger partial charge in [0, 0.05) is 31.5 Å². The topological polar surface area (TPSA) is 128 Å². The van der Waals surface area contributed by atoms with Crippen LogP contribution in [0.1, 0.15) is 60.0 Å². The van der Waals surface area contributed by atoms with Gasteiger partial charge in [0.2, 0.25) is 5.95 Å². The molecule has 2 N–H and O–H groups in total. The lowest BCUT2D eigenvalue weighted by Crippen LogP contribution is -2.40. The van der Waals surface area contributed by atoms with E-state index in [2.05, 4.69) is 15.3 Å². The van der Waals surface area contributed by atoms with Gasteiger partial charge in [-0.05, 0) is 56.7 Å². The van der Waals surface area contributed by atoms with E-state index in [1.54, 1.807) is 6.07 Å². The molecule has 0 radical (unpaired) electrons. The SMILES string of the molecule is N#Cc1ccc(OC2CCC(NC(=O)c3cnc(N4CCC(C(=O)O)CC4)nc3)CC2)cc1C(F)(F)F. The summed E-state index contributed by atoms with van der Waals surface area (Å²) in [5.74, 6) is -0.957. The van der Waals surface area contributed by atoms with Crippen LogP contribution in [-0.4, -0.2) is 52.2 Å². The van der Waals surface area contributed by atoms with Crippen molar-refractivity contribution < 1.29 is 32.6 Å². The number of hydrogen-bond donors (Lipinski definition) is 2. The van der Waals surface area contributed by atoms with Crippen LogP contribution in [0.2, 0.25) is 0 Å². The lowest BCUT2D eigenvalue weighted by Gasteiger charge is -2.30. The Hall–Kier alpha value is -3.88. The number of hydrogen-bond acceptors (Lipinski definition) is 7. The molecule has 1 saturated heterocycles. The Labute approximate surface area is 211 Å². The number of rotatable bonds is 6. The number of amides is 1. The lowest BCUT2D eigenvalue weighted by atomic mass is 9.92. The number of nitriles is 1. The molecule has 9 nitrogen and oxygen atoms in total. The molecule has 196 valence electrons. The molecule has 0 spiro atoms. The fourth-order valence-electron chi connectivity index (χ4n) is 4.64. The van der Waals surface area contributed by atoms with Crippen LogP contribution in [0.3, 0.4) is 0 Å². The number of anilines is 1. The van der Waals surface area contributed by atoms with E-state index in [1.807, 2.05) is 4.90 Å². The summed E-state index contributed by atoms with van der Waals surface area (Å²) < 4.78 is 45.3. The van der Waals surface area contributed by atoms with Crippen molar-refractivity contribution in [2.45, 2.75) is 56.8 Å². The minimum absolute atomic E-state index is 0.0586. The fraction of sp³-hybridized carbons (Fsp3) is 0.480. The molecule has 2 heterocycles. The summed E-state index contributed by atoms with van der Waals surface area (Å²) in [5.41, 5.74) is -1.17. The van der Waals surface area contributed by atoms with Crippen LogP contribution in [0.15, 0.2) is 30.6 Å². The maximum Gasteiger partial charge on any atom is 0.417 e. The Morgan fingerprint density at radius 2 is 1.73 bits per heavy atom. The molecule has 1 saturated carbocycles. The second-order valence-electron chi connectivity index (χ2n) is 9.25. The van der Waals surface area contributed by atoms with Crippen molar-refractivity contribution in [2.75, 3.05) is 18.0 Å². The van der Waals surface area contributed by atoms with Gasteiger partial charge < -0.3 is 20.1 Å². The van der Waals surface area contributed by atoms with E-state index < -0.39 is 23.3 Å². The molecule has 0 unspecified atom stereocenters. The fourth-order valence-corrected chi connectivity index (χ4v) is 4.64. The molecule has 4 rings (SSSR count). The normalized spacial score (nSPS) is 20.6. The maximum absolute atomic E-state index is 13.2. The van der Waals surface area contributed by atoms with Gasteiger partial charge in [-0.1, -0.05) is 0 Å². The van der Waals surface area contributed by atoms with Gasteiger partial charge in [-0.25, -0.2) is 9.97 Å². The van der Waals surface area contributed by atoms with Crippen LogP contribution in [0.4, 0.5) is 19.1 Å². The summed E-state index contributed by atoms with van der Waals surface area (Å²) in [5, 5.41) is 21.0. The quantitative estimate of drug-likeness (QED) is 0.592. The van der Waals surface area contributed by atoms with Crippen LogP contribution in [0.25, 0.3) is 0 Å². The van der Waals surface area contributed by atoms with E-state index in [-0.39, 0.29) is 29.7 Å². The predicted molar refractivity (Wildman–Crippen MR) is 125 cm³/mol. The van der Waals surface area contributed by atoms with Gasteiger partial charge in [0.15, 0.2) is 0 Å². The summed E-state index contributed by atoms with van der Waals surface area (Å²) in [6.07, 6.45) is 1.26. The molecule has 2 aromatic rings. The summed E-state index contributed by atoms with van der Waals surface area (Å²) in [6, 6.07) is 4.75. The van der Waals surface area contributed by atoms with E-state index in [1.165, 1.54) is 18.5 Å². The Kier molecular flexibility index (Phi) is 7.80. The van der Waals surface area contributed by atoms with Gasteiger partial charge in [-0.2, -0.15) is 18.4 Å². The molecule has 1 amide bonds. The van der Waals surface area contributed by atoms with Crippen molar-refractivity contribution >= 4 is 17.8 Å². The molecular formula is C25H26F3N5O4. The second-order valence-corrected chi connectivity index (χ2v) is 9.25. The highest BCUT2D eigenvalue weighted by molar-refractivity contribution is 5.93. The van der Waals surface area contributed by atoms with E-state index in [9.17, 15) is 22.8 Å². The second kappa shape index (κ2) is 11.0. The zero-order valence-electron chi connectivity index (χ0n) is 19.9. The molecule has 2 aliphatic rings. The van der Waals surface area contributed by atoms with Gasteiger partial charge in [-0.3, -0.25) is 9.59 Å². The zero-order valence-corrected chi connectivity index (χ0v) is 19.9. The maximum atomic E-state index is 13.2. The number of carboxylic acids is 1. The number of nitrogens with one attached hydrogen (secondary N) is 1. The predicted octanol–water partition coefficient (Wildman–Crippen LogP) is 3.79. The van der Waals surface area contributed by atoms with Gasteiger partial charge in [0.05, 0.1) is 34.8 Å². The first-order valence-corrected chi connectivity index (χ1v) is 12.0. The largest absolute Gasteiger partial charge is 0.490 e. The molecule has 12 heteroatoms. The first kappa shape index (κ1) is 26.2. The molecule has 37 heavy (non-hydrogen) atoms. The van der Waals surface area contributed by atoms with E-state index in [0.29, 0.717) is 63.1 Å². The third-order valence-electron chi connectivity index (χ3n) is 6.76. The summed E-state index contributed by atoms with van der Waals surface area (Å²) in [7, 11) is 0. The number of aliphatic carboxylic acids is 1. The van der Waals surface area contributed by atoms with Gasteiger partial charge in [-0.15, -0.1) is 0 Å². The van der Waals surface area contributed by atoms with Crippen molar-refractivity contribution in [2.24, 2.45) is 5.92 Å². The average Bonchev–Trinajstić information content (AvgIpc) is 2.89. The van der Waals surface area contributed by atoms with Crippen molar-refractivity contribution in [1.82, 2.24) is 15.3 Å². The number of aromatic nitrogens is 2. The third kappa shape index (κ3) is 6.47. The van der Waals surface area contributed by atoms with Crippen molar-refractivity contribution in [3.05, 3.63) is 47.3 Å². The monoisotopic (exact) mass is 517 g/mol. The first-order valence-electron chi connectivity index (χ1n) is 12.0. The summed E-state index contributed by atoms with van der Waals surface area (Å²) in [6.45, 7) is 1.07. The standard InChI is InChI=1S/C25H26F3N5O4/c26-25(27,28)21-11-20(4-1-16(21)12-29)37-19-5-2-18(3-6-19)32-22(34)17-13-30-24(31-14-17)33-9-7-15(8-10-33)23(35)36/h1,4,11,13-15,18-19H,2-3,5-10H2,(H,32,34)(H,35,36). The lowest BCUT2D eigenvalue weighted by molar-refractivity contribution is -0.142. The van der Waals surface area contributed by atoms with E-state index in [4.69, 9.17) is 15.1 Å². The molecule has 1 aliphatic carbocycles. The van der Waals surface area contributed by atoms with E-state index in [0.717, 1.165) is 12.1 Å². The van der Waals surface area contributed by atoms with Crippen LogP contribution in [0, 0.1) is 17.2 Å². The van der Waals surface area contributed by atoms with Crippen LogP contribution >= 0.6 is 0 Å². The van der Waals surface area contributed by atoms with Crippen molar-refractivity contribution in [3.63, 3.8) is 0 Å². The van der Waals surface area contributed by atoms with E-state index >= 15 is 0 Å². The minimum Gasteiger partial charge on any atom is -0.490 e. The van der Waals surface area contributed by atoms with Crippen LogP contribution in [-0.2, 0) is 11.0 Å². The highest BCUT2D eigenvalue weighted by atomic mass is 19.4. The molecular weight excluding hydrogens is 491 g/mol. The summed E-state index contributed by atoms with van der Waals surface area (Å²) in [4.78, 5) is 34.2. The highest BCUT2D eigenvalue weighted by Crippen LogP contribution is 2.35. The van der Waals surface area contributed by atoms with Crippen LogP contribution < -0.4 is 15.0 Å². The first-order chi connectivity index (χ1) is 17.6.